The number of carbonyl (C=O) groups excluding carboxylic acids is 2. The van der Waals surface area contributed by atoms with Crippen LogP contribution < -0.4 is 10.6 Å². The first-order valence-corrected chi connectivity index (χ1v) is 10.5. The Labute approximate surface area is 177 Å². The number of likely N-dealkylation sites (tertiary alicyclic amines) is 1. The standard InChI is InChI=1S/C19H25F2N7O3/c20-16(21)17-25-14(31-27-17)9-22-19(30)28-7-3-6-12(10-28)15-13(8-23-26-15)24-18(29)11-4-1-2-5-11/h8,11-12,16H,1-7,9-10H2,(H,22,30)(H,23,26)(H,24,29). The fourth-order valence-corrected chi connectivity index (χ4v) is 4.22. The van der Waals surface area contributed by atoms with E-state index in [-0.39, 0.29) is 36.2 Å². The Bertz CT molecular complexity index is 910. The van der Waals surface area contributed by atoms with Crippen molar-refractivity contribution >= 4 is 17.6 Å². The van der Waals surface area contributed by atoms with Gasteiger partial charge in [0, 0.05) is 24.9 Å². The molecule has 10 nitrogen and oxygen atoms in total. The van der Waals surface area contributed by atoms with E-state index in [1.807, 2.05) is 0 Å². The third-order valence-corrected chi connectivity index (χ3v) is 5.84. The Morgan fingerprint density at radius 1 is 1.26 bits per heavy atom. The van der Waals surface area contributed by atoms with Crippen molar-refractivity contribution in [1.29, 1.82) is 0 Å². The summed E-state index contributed by atoms with van der Waals surface area (Å²) in [5.74, 6) is -0.717. The van der Waals surface area contributed by atoms with E-state index in [9.17, 15) is 18.4 Å². The molecule has 31 heavy (non-hydrogen) atoms. The Balaban J connectivity index is 1.33. The molecule has 0 bridgehead atoms. The van der Waals surface area contributed by atoms with E-state index in [2.05, 4.69) is 31.0 Å². The summed E-state index contributed by atoms with van der Waals surface area (Å²) in [4.78, 5) is 30.2. The summed E-state index contributed by atoms with van der Waals surface area (Å²) in [5, 5.41) is 15.8. The zero-order valence-corrected chi connectivity index (χ0v) is 16.9. The van der Waals surface area contributed by atoms with E-state index in [0.717, 1.165) is 44.2 Å². The van der Waals surface area contributed by atoms with Gasteiger partial charge in [-0.05, 0) is 25.7 Å². The SMILES string of the molecule is O=C(Nc1cn[nH]c1C1CCCN(C(=O)NCc2nc(C(F)F)no2)C1)C1CCCC1. The van der Waals surface area contributed by atoms with Crippen molar-refractivity contribution in [3.63, 3.8) is 0 Å². The number of piperidine rings is 1. The molecule has 1 aliphatic heterocycles. The zero-order valence-electron chi connectivity index (χ0n) is 16.9. The molecule has 1 saturated carbocycles. The molecule has 168 valence electrons. The Morgan fingerprint density at radius 3 is 2.81 bits per heavy atom. The maximum absolute atomic E-state index is 12.5. The number of alkyl halides is 2. The number of rotatable bonds is 6. The lowest BCUT2D eigenvalue weighted by Gasteiger charge is -2.32. The molecule has 2 aliphatic rings. The number of carbonyl (C=O) groups is 2. The predicted octanol–water partition coefficient (Wildman–Crippen LogP) is 2.95. The van der Waals surface area contributed by atoms with E-state index in [4.69, 9.17) is 4.52 Å². The first-order valence-electron chi connectivity index (χ1n) is 10.5. The van der Waals surface area contributed by atoms with Gasteiger partial charge in [-0.25, -0.2) is 13.6 Å². The van der Waals surface area contributed by atoms with Crippen LogP contribution in [-0.4, -0.2) is 50.3 Å². The number of aromatic nitrogens is 4. The number of aromatic amines is 1. The molecule has 0 aromatic carbocycles. The number of nitrogens with one attached hydrogen (secondary N) is 3. The lowest BCUT2D eigenvalue weighted by molar-refractivity contribution is -0.119. The van der Waals surface area contributed by atoms with Crippen molar-refractivity contribution in [2.75, 3.05) is 18.4 Å². The van der Waals surface area contributed by atoms with Gasteiger partial charge in [0.15, 0.2) is 0 Å². The molecule has 1 aliphatic carbocycles. The number of halogens is 2. The van der Waals surface area contributed by atoms with Crippen LogP contribution in [0.15, 0.2) is 10.7 Å². The van der Waals surface area contributed by atoms with E-state index >= 15 is 0 Å². The highest BCUT2D eigenvalue weighted by atomic mass is 19.3. The summed E-state index contributed by atoms with van der Waals surface area (Å²) < 4.78 is 29.8. The second-order valence-corrected chi connectivity index (χ2v) is 7.96. The quantitative estimate of drug-likeness (QED) is 0.637. The van der Waals surface area contributed by atoms with E-state index in [0.29, 0.717) is 18.8 Å². The summed E-state index contributed by atoms with van der Waals surface area (Å²) in [6, 6.07) is -0.349. The summed E-state index contributed by atoms with van der Waals surface area (Å²) in [5.41, 5.74) is 1.47. The van der Waals surface area contributed by atoms with Gasteiger partial charge in [0.2, 0.25) is 17.6 Å². The molecule has 2 aromatic heterocycles. The van der Waals surface area contributed by atoms with Crippen LogP contribution in [0.3, 0.4) is 0 Å². The molecular weight excluding hydrogens is 412 g/mol. The van der Waals surface area contributed by atoms with Crippen LogP contribution in [0, 0.1) is 5.92 Å². The highest BCUT2D eigenvalue weighted by molar-refractivity contribution is 5.93. The van der Waals surface area contributed by atoms with E-state index < -0.39 is 12.2 Å². The normalized spacial score (nSPS) is 19.7. The Morgan fingerprint density at radius 2 is 2.06 bits per heavy atom. The minimum absolute atomic E-state index is 0.00489. The molecule has 1 atom stereocenters. The monoisotopic (exact) mass is 437 g/mol. The van der Waals surface area contributed by atoms with Crippen LogP contribution in [0.5, 0.6) is 0 Å². The predicted molar refractivity (Wildman–Crippen MR) is 104 cm³/mol. The van der Waals surface area contributed by atoms with Crippen LogP contribution in [0.1, 0.15) is 68.3 Å². The van der Waals surface area contributed by atoms with Gasteiger partial charge in [-0.1, -0.05) is 18.0 Å². The van der Waals surface area contributed by atoms with Gasteiger partial charge in [0.1, 0.15) is 0 Å². The molecule has 3 heterocycles. The highest BCUT2D eigenvalue weighted by Gasteiger charge is 2.29. The van der Waals surface area contributed by atoms with Gasteiger partial charge in [-0.15, -0.1) is 0 Å². The van der Waals surface area contributed by atoms with Gasteiger partial charge in [0.25, 0.3) is 0 Å². The summed E-state index contributed by atoms with van der Waals surface area (Å²) in [6.07, 6.45) is 4.39. The van der Waals surface area contributed by atoms with Gasteiger partial charge in [-0.3, -0.25) is 9.89 Å². The second-order valence-electron chi connectivity index (χ2n) is 7.96. The maximum atomic E-state index is 12.5. The first-order chi connectivity index (χ1) is 15.0. The van der Waals surface area contributed by atoms with E-state index in [1.54, 1.807) is 11.1 Å². The van der Waals surface area contributed by atoms with Crippen LogP contribution in [0.2, 0.25) is 0 Å². The van der Waals surface area contributed by atoms with Crippen LogP contribution >= 0.6 is 0 Å². The van der Waals surface area contributed by atoms with Crippen molar-refractivity contribution in [2.45, 2.75) is 57.4 Å². The molecule has 2 fully saturated rings. The fraction of sp³-hybridized carbons (Fsp3) is 0.632. The van der Waals surface area contributed by atoms with Crippen molar-refractivity contribution in [3.05, 3.63) is 23.6 Å². The van der Waals surface area contributed by atoms with Crippen LogP contribution in [0.4, 0.5) is 19.3 Å². The zero-order chi connectivity index (χ0) is 21.8. The van der Waals surface area contributed by atoms with Crippen LogP contribution in [-0.2, 0) is 11.3 Å². The average molecular weight is 437 g/mol. The number of nitrogens with zero attached hydrogens (tertiary/aromatic N) is 4. The molecule has 3 amide bonds. The summed E-state index contributed by atoms with van der Waals surface area (Å²) in [6.45, 7) is 0.866. The van der Waals surface area contributed by atoms with Crippen molar-refractivity contribution < 1.29 is 22.9 Å². The number of hydrogen-bond donors (Lipinski definition) is 3. The fourth-order valence-electron chi connectivity index (χ4n) is 4.22. The maximum Gasteiger partial charge on any atom is 0.317 e. The third-order valence-electron chi connectivity index (χ3n) is 5.84. The van der Waals surface area contributed by atoms with Crippen molar-refractivity contribution in [3.8, 4) is 0 Å². The minimum Gasteiger partial charge on any atom is -0.337 e. The Hall–Kier alpha value is -3.05. The molecule has 0 spiro atoms. The lowest BCUT2D eigenvalue weighted by atomic mass is 9.94. The number of amides is 3. The topological polar surface area (TPSA) is 129 Å². The molecule has 1 saturated heterocycles. The van der Waals surface area contributed by atoms with Gasteiger partial charge in [0.05, 0.1) is 24.1 Å². The number of hydrogen-bond acceptors (Lipinski definition) is 6. The van der Waals surface area contributed by atoms with E-state index in [1.165, 1.54) is 0 Å². The molecular formula is C19H25F2N7O3. The van der Waals surface area contributed by atoms with Gasteiger partial charge >= 0.3 is 12.5 Å². The largest absolute Gasteiger partial charge is 0.337 e. The summed E-state index contributed by atoms with van der Waals surface area (Å²) >= 11 is 0. The van der Waals surface area contributed by atoms with Gasteiger partial charge < -0.3 is 20.1 Å². The molecule has 0 radical (unpaired) electrons. The second kappa shape index (κ2) is 9.40. The molecule has 4 rings (SSSR count). The number of anilines is 1. The average Bonchev–Trinajstić information content (AvgIpc) is 3.53. The molecule has 2 aromatic rings. The van der Waals surface area contributed by atoms with Crippen molar-refractivity contribution in [1.82, 2.24) is 30.6 Å². The highest BCUT2D eigenvalue weighted by Crippen LogP contribution is 2.32. The van der Waals surface area contributed by atoms with Gasteiger partial charge in [-0.2, -0.15) is 10.1 Å². The Kier molecular flexibility index (Phi) is 6.42. The number of urea groups is 1. The molecule has 12 heteroatoms. The van der Waals surface area contributed by atoms with Crippen molar-refractivity contribution in [2.24, 2.45) is 5.92 Å². The summed E-state index contributed by atoms with van der Waals surface area (Å²) in [7, 11) is 0. The van der Waals surface area contributed by atoms with Crippen LogP contribution in [0.25, 0.3) is 0 Å². The molecule has 1 unspecified atom stereocenters. The smallest absolute Gasteiger partial charge is 0.317 e. The third kappa shape index (κ3) is 5.00. The number of H-pyrrole nitrogens is 1. The first kappa shape index (κ1) is 21.2. The lowest BCUT2D eigenvalue weighted by Crippen LogP contribution is -2.44. The molecule has 3 N–H and O–H groups in total. The minimum atomic E-state index is -2.83.